The van der Waals surface area contributed by atoms with E-state index in [0.717, 1.165) is 24.8 Å². The molecule has 0 aromatic carbocycles. The Morgan fingerprint density at radius 3 is 1.87 bits per heavy atom. The largest absolute Gasteiger partial charge is 1.00 e. The fraction of sp³-hybridized carbons (Fsp3) is 0.857. The second-order valence-corrected chi connectivity index (χ2v) is 20.6. The van der Waals surface area contributed by atoms with Gasteiger partial charge in [-0.05, 0) is 110 Å². The van der Waals surface area contributed by atoms with Crippen LogP contribution in [0.2, 0.25) is 0 Å². The van der Waals surface area contributed by atoms with Crippen LogP contribution in [0.15, 0.2) is 11.6 Å². The number of ether oxygens (including phenoxy) is 4. The first-order valence-corrected chi connectivity index (χ1v) is 20.7. The summed E-state index contributed by atoms with van der Waals surface area (Å²) in [4.78, 5) is 51.1. The number of carboxylic acid groups (broad SMARTS) is 3. The fourth-order valence-corrected chi connectivity index (χ4v) is 13.4. The monoisotopic (exact) mass is 898 g/mol. The molecule has 7 rings (SSSR count). The number of hydrogen-bond donors (Lipinski definition) is 6. The molecule has 2 heterocycles. The van der Waals surface area contributed by atoms with Gasteiger partial charge in [-0.25, -0.2) is 0 Å². The van der Waals surface area contributed by atoms with Crippen molar-refractivity contribution in [3.05, 3.63) is 11.6 Å². The number of aliphatic hydroxyl groups is 5. The average molecular weight is 899 g/mol. The van der Waals surface area contributed by atoms with E-state index in [4.69, 9.17) is 18.9 Å². The van der Waals surface area contributed by atoms with E-state index in [2.05, 4.69) is 27.7 Å². The molecular weight excluding hydrogens is 839 g/mol. The topological polar surface area (TPSA) is 273 Å². The maximum absolute atomic E-state index is 14.8. The van der Waals surface area contributed by atoms with E-state index in [9.17, 15) is 60.0 Å². The van der Waals surface area contributed by atoms with Crippen molar-refractivity contribution >= 4 is 23.7 Å². The predicted octanol–water partition coefficient (Wildman–Crippen LogP) is -6.42. The summed E-state index contributed by atoms with van der Waals surface area (Å²) in [5.74, 6) is -5.04. The van der Waals surface area contributed by atoms with Crippen molar-refractivity contribution in [3.8, 4) is 0 Å². The molecule has 4 saturated carbocycles. The van der Waals surface area contributed by atoms with E-state index in [1.807, 2.05) is 26.8 Å². The second-order valence-electron chi connectivity index (χ2n) is 20.6. The van der Waals surface area contributed by atoms with Gasteiger partial charge in [-0.15, -0.1) is 0 Å². The van der Waals surface area contributed by atoms with E-state index in [0.29, 0.717) is 38.5 Å². The number of hydrogen-bond acceptors (Lipinski definition) is 15. The minimum Gasteiger partial charge on any atom is -0.547 e. The van der Waals surface area contributed by atoms with Gasteiger partial charge in [0.15, 0.2) is 18.4 Å². The molecule has 18 heteroatoms. The number of carboxylic acids is 3. The van der Waals surface area contributed by atoms with Crippen LogP contribution < -0.4 is 113 Å². The van der Waals surface area contributed by atoms with Crippen LogP contribution in [0.4, 0.5) is 0 Å². The van der Waals surface area contributed by atoms with Gasteiger partial charge < -0.3 is 69.4 Å². The number of aliphatic hydroxyl groups excluding tert-OH is 5. The molecule has 0 bridgehead atoms. The van der Waals surface area contributed by atoms with Crippen molar-refractivity contribution in [1.82, 2.24) is 0 Å². The zero-order chi connectivity index (χ0) is 42.9. The minimum atomic E-state index is -2.15. The van der Waals surface area contributed by atoms with Crippen LogP contribution in [-0.2, 0) is 38.1 Å². The number of aliphatic carboxylic acids is 3. The third-order valence-corrected chi connectivity index (χ3v) is 17.2. The Morgan fingerprint density at radius 2 is 1.28 bits per heavy atom. The maximum Gasteiger partial charge on any atom is 1.00 e. The SMILES string of the molecule is CC1(C)[C@H]2CC[C@@]3(C)[C@@H](C(=O)C=C4[C@H]5C[C@](C)(C(=O)O)CC[C@@]5(C)CC[C@@]43C)[C@]2(C)CC[C@H]1O[C@@H]1O[C@@H](C(=O)[O-])[C@H](O)[C@@H](O)[C@@H]1O[C@H]1O[C@@H](C(=O)[O-])[C@H](O)[C@@H](O)[C@@H]1O.[K+].[K+]. The third kappa shape index (κ3) is 7.97. The number of ketones is 1. The van der Waals surface area contributed by atoms with Crippen molar-refractivity contribution in [3.63, 3.8) is 0 Å². The second kappa shape index (κ2) is 17.8. The Bertz CT molecular complexity index is 1740. The molecule has 16 nitrogen and oxygen atoms in total. The van der Waals surface area contributed by atoms with Crippen LogP contribution in [0.3, 0.4) is 0 Å². The summed E-state index contributed by atoms with van der Waals surface area (Å²) >= 11 is 0. The molecule has 0 unspecified atom stereocenters. The molecule has 0 amide bonds. The molecule has 5 aliphatic carbocycles. The van der Waals surface area contributed by atoms with E-state index >= 15 is 0 Å². The number of rotatable bonds is 7. The molecular formula is C42H60K2O16. The zero-order valence-corrected chi connectivity index (χ0v) is 42.5. The van der Waals surface area contributed by atoms with Crippen LogP contribution in [0.25, 0.3) is 0 Å². The first kappa shape index (κ1) is 51.7. The predicted molar refractivity (Wildman–Crippen MR) is 194 cm³/mol. The van der Waals surface area contributed by atoms with Gasteiger partial charge in [0.2, 0.25) is 0 Å². The summed E-state index contributed by atoms with van der Waals surface area (Å²) in [6.07, 6.45) is -13.1. The minimum absolute atomic E-state index is 0. The first-order chi connectivity index (χ1) is 26.8. The van der Waals surface area contributed by atoms with Crippen molar-refractivity contribution in [2.24, 2.45) is 50.2 Å². The standard InChI is InChI=1S/C42H62O16.2K/c1-37(2)21-8-11-42(7)31(20(43)16-18-19-17-39(4,36(53)54)13-12-38(19,3)14-15-41(18,42)6)40(21,5)10-9-22(37)55-35-30(26(47)25(46)29(57-35)33(51)52)58-34-27(48)23(44)24(45)28(56-34)32(49)50;;/h16,19,21-31,34-35,44-48H,8-15,17H2,1-7H3,(H,49,50)(H,51,52)(H,53,54);;/q;2*+1/p-2/t19-,21-,22-,23-,24-,25-,26-,27+,28-,29-,30+,31+,34-,35-,38+,39-,40-,41+,42+;;/m1../s1. The van der Waals surface area contributed by atoms with Gasteiger partial charge in [0.25, 0.3) is 0 Å². The summed E-state index contributed by atoms with van der Waals surface area (Å²) in [6.45, 7) is 14.8. The Labute approximate surface area is 435 Å². The van der Waals surface area contributed by atoms with E-state index in [1.165, 1.54) is 0 Å². The molecule has 60 heavy (non-hydrogen) atoms. The molecule has 0 aromatic heterocycles. The molecule has 2 saturated heterocycles. The Balaban J connectivity index is 0.00000341. The van der Waals surface area contributed by atoms with E-state index in [1.54, 1.807) is 0 Å². The number of fused-ring (bicyclic) bond motifs is 7. The molecule has 326 valence electrons. The van der Waals surface area contributed by atoms with Gasteiger partial charge in [0.05, 0.1) is 23.5 Å². The van der Waals surface area contributed by atoms with Gasteiger partial charge >= 0.3 is 109 Å². The third-order valence-electron chi connectivity index (χ3n) is 17.2. The van der Waals surface area contributed by atoms with Crippen LogP contribution in [0.1, 0.15) is 106 Å². The summed E-state index contributed by atoms with van der Waals surface area (Å²) in [6, 6.07) is 0. The van der Waals surface area contributed by atoms with Gasteiger partial charge in [0, 0.05) is 5.92 Å². The summed E-state index contributed by atoms with van der Waals surface area (Å²) in [5.41, 5.74) is -1.89. The molecule has 0 aromatic rings. The molecule has 0 radical (unpaired) electrons. The van der Waals surface area contributed by atoms with E-state index < -0.39 is 107 Å². The summed E-state index contributed by atoms with van der Waals surface area (Å²) in [5, 5.41) is 87.1. The summed E-state index contributed by atoms with van der Waals surface area (Å²) < 4.78 is 23.1. The van der Waals surface area contributed by atoms with Crippen molar-refractivity contribution < 1.29 is 182 Å². The van der Waals surface area contributed by atoms with Gasteiger partial charge in [0.1, 0.15) is 48.8 Å². The molecule has 0 spiro atoms. The summed E-state index contributed by atoms with van der Waals surface area (Å²) in [7, 11) is 0. The molecule has 19 atom stereocenters. The average Bonchev–Trinajstić information content (AvgIpc) is 3.13. The van der Waals surface area contributed by atoms with Crippen molar-refractivity contribution in [2.45, 2.75) is 174 Å². The molecule has 2 aliphatic heterocycles. The number of carbonyl (C=O) groups is 4. The van der Waals surface area contributed by atoms with Crippen LogP contribution in [-0.4, -0.2) is 122 Å². The molecule has 6 N–H and O–H groups in total. The smallest absolute Gasteiger partial charge is 0.547 e. The quantitative estimate of drug-likeness (QED) is 0.102. The first-order valence-electron chi connectivity index (χ1n) is 20.7. The fourth-order valence-electron chi connectivity index (χ4n) is 13.4. The van der Waals surface area contributed by atoms with Crippen LogP contribution >= 0.6 is 0 Å². The maximum atomic E-state index is 14.8. The normalized spacial score (nSPS) is 50.8. The Kier molecular flexibility index (Phi) is 15.3. The number of carbonyl (C=O) groups excluding carboxylic acids is 3. The molecule has 7 aliphatic rings. The number of allylic oxidation sites excluding steroid dienone is 2. The Morgan fingerprint density at radius 1 is 0.717 bits per heavy atom. The van der Waals surface area contributed by atoms with Crippen LogP contribution in [0.5, 0.6) is 0 Å². The zero-order valence-electron chi connectivity index (χ0n) is 36.3. The van der Waals surface area contributed by atoms with E-state index in [-0.39, 0.29) is 137 Å². The van der Waals surface area contributed by atoms with Crippen molar-refractivity contribution in [2.75, 3.05) is 0 Å². The van der Waals surface area contributed by atoms with Gasteiger partial charge in [-0.1, -0.05) is 47.1 Å². The van der Waals surface area contributed by atoms with Crippen molar-refractivity contribution in [1.29, 1.82) is 0 Å². The molecule has 6 fully saturated rings. The van der Waals surface area contributed by atoms with Gasteiger partial charge in [-0.3, -0.25) is 9.59 Å². The van der Waals surface area contributed by atoms with Gasteiger partial charge in [-0.2, -0.15) is 0 Å². The van der Waals surface area contributed by atoms with Crippen LogP contribution in [0, 0.1) is 50.2 Å². The Hall–Kier alpha value is 0.733.